The Morgan fingerprint density at radius 3 is 2.47 bits per heavy atom. The van der Waals surface area contributed by atoms with E-state index in [4.69, 9.17) is 9.47 Å². The first-order chi connectivity index (χ1) is 18.4. The Bertz CT molecular complexity index is 1260. The zero-order valence-electron chi connectivity index (χ0n) is 22.8. The highest BCUT2D eigenvalue weighted by molar-refractivity contribution is 6.03. The van der Waals surface area contributed by atoms with Crippen LogP contribution in [0.3, 0.4) is 0 Å². The molecule has 1 aliphatic heterocycles. The lowest BCUT2D eigenvalue weighted by Crippen LogP contribution is -2.36. The highest BCUT2D eigenvalue weighted by Gasteiger charge is 2.31. The minimum atomic E-state index is -0.164. The summed E-state index contributed by atoms with van der Waals surface area (Å²) < 4.78 is 12.5. The van der Waals surface area contributed by atoms with Gasteiger partial charge in [-0.3, -0.25) is 4.79 Å². The first-order valence-electron chi connectivity index (χ1n) is 13.6. The van der Waals surface area contributed by atoms with Crippen molar-refractivity contribution in [2.75, 3.05) is 5.32 Å². The maximum absolute atomic E-state index is 12.4. The summed E-state index contributed by atoms with van der Waals surface area (Å²) in [6.07, 6.45) is 10.1. The van der Waals surface area contributed by atoms with Gasteiger partial charge in [-0.2, -0.15) is 0 Å². The normalized spacial score (nSPS) is 17.3. The highest BCUT2D eigenvalue weighted by Crippen LogP contribution is 2.37. The lowest BCUT2D eigenvalue weighted by atomic mass is 9.88. The van der Waals surface area contributed by atoms with Gasteiger partial charge in [0, 0.05) is 11.3 Å². The van der Waals surface area contributed by atoms with E-state index < -0.39 is 0 Å². The molecule has 1 amide bonds. The van der Waals surface area contributed by atoms with Gasteiger partial charge in [-0.25, -0.2) is 0 Å². The predicted molar refractivity (Wildman–Crippen MR) is 156 cm³/mol. The Hall–Kier alpha value is -3.79. The van der Waals surface area contributed by atoms with Gasteiger partial charge >= 0.3 is 0 Å². The zero-order valence-corrected chi connectivity index (χ0v) is 22.8. The van der Waals surface area contributed by atoms with Crippen LogP contribution in [0.4, 0.5) is 5.69 Å². The zero-order chi connectivity index (χ0) is 26.8. The van der Waals surface area contributed by atoms with Crippen LogP contribution in [0.1, 0.15) is 64.0 Å². The molecule has 0 bridgehead atoms. The van der Waals surface area contributed by atoms with Crippen LogP contribution in [0, 0.1) is 0 Å². The third-order valence-corrected chi connectivity index (χ3v) is 7.10. The molecule has 0 fully saturated rings. The van der Waals surface area contributed by atoms with Gasteiger partial charge in [0.25, 0.3) is 5.91 Å². The van der Waals surface area contributed by atoms with Crippen LogP contribution in [0.15, 0.2) is 102 Å². The van der Waals surface area contributed by atoms with E-state index in [2.05, 4.69) is 49.5 Å². The molecule has 1 N–H and O–H groups in total. The molecule has 4 nitrogen and oxygen atoms in total. The van der Waals surface area contributed by atoms with E-state index >= 15 is 0 Å². The molecule has 1 heterocycles. The maximum atomic E-state index is 12.4. The Labute approximate surface area is 227 Å². The number of allylic oxidation sites excluding steroid dienone is 3. The van der Waals surface area contributed by atoms with Gasteiger partial charge in [-0.05, 0) is 101 Å². The molecule has 3 aromatic carbocycles. The van der Waals surface area contributed by atoms with Crippen molar-refractivity contribution < 1.29 is 14.3 Å². The number of amides is 1. The van der Waals surface area contributed by atoms with Gasteiger partial charge < -0.3 is 14.8 Å². The molecule has 4 rings (SSSR count). The second-order valence-electron chi connectivity index (χ2n) is 10.4. The van der Waals surface area contributed by atoms with E-state index in [1.165, 1.54) is 11.1 Å². The number of hydrogen-bond acceptors (Lipinski definition) is 3. The molecule has 0 saturated carbocycles. The molecule has 0 aromatic heterocycles. The number of benzene rings is 3. The number of carbonyl (C=O) groups is 1. The van der Waals surface area contributed by atoms with Crippen molar-refractivity contribution in [1.29, 1.82) is 0 Å². The van der Waals surface area contributed by atoms with Crippen molar-refractivity contribution in [1.82, 2.24) is 0 Å². The Morgan fingerprint density at radius 2 is 1.71 bits per heavy atom. The standard InChI is InChI=1S/C34H39NO3/c1-26(12-10-14-27(2)33(36)35-30-17-8-5-9-18-30)13-11-22-34(3)23-21-29-24-31(19-20-32(29)38-34)37-25-28-15-6-4-7-16-28/h4-9,13-20,24H,10-12,21-23,25H2,1-3H3,(H,35,36)/b26-13+,27-14+. The number of hydrogen-bond donors (Lipinski definition) is 1. The van der Waals surface area contributed by atoms with E-state index in [-0.39, 0.29) is 11.5 Å². The molecule has 1 unspecified atom stereocenters. The summed E-state index contributed by atoms with van der Waals surface area (Å²) in [5.41, 5.74) is 5.13. The van der Waals surface area contributed by atoms with Crippen LogP contribution < -0.4 is 14.8 Å². The fraction of sp³-hybridized carbons (Fsp3) is 0.324. The predicted octanol–water partition coefficient (Wildman–Crippen LogP) is 8.44. The fourth-order valence-electron chi connectivity index (χ4n) is 4.66. The van der Waals surface area contributed by atoms with Crippen molar-refractivity contribution >= 4 is 11.6 Å². The molecule has 198 valence electrons. The lowest BCUT2D eigenvalue weighted by molar-refractivity contribution is -0.112. The van der Waals surface area contributed by atoms with E-state index in [0.717, 1.165) is 66.8 Å². The summed E-state index contributed by atoms with van der Waals surface area (Å²) in [5, 5.41) is 2.94. The average Bonchev–Trinajstić information content (AvgIpc) is 2.93. The van der Waals surface area contributed by atoms with Gasteiger partial charge in [0.05, 0.1) is 0 Å². The summed E-state index contributed by atoms with van der Waals surface area (Å²) in [4.78, 5) is 12.4. The molecule has 0 aliphatic carbocycles. The van der Waals surface area contributed by atoms with E-state index in [0.29, 0.717) is 6.61 Å². The lowest BCUT2D eigenvalue weighted by Gasteiger charge is -2.36. The second kappa shape index (κ2) is 13.1. The average molecular weight is 510 g/mol. The molecule has 38 heavy (non-hydrogen) atoms. The number of anilines is 1. The smallest absolute Gasteiger partial charge is 0.250 e. The summed E-state index contributed by atoms with van der Waals surface area (Å²) in [5.74, 6) is 1.82. The number of fused-ring (bicyclic) bond motifs is 1. The summed E-state index contributed by atoms with van der Waals surface area (Å²) in [7, 11) is 0. The van der Waals surface area contributed by atoms with Crippen LogP contribution in [0.25, 0.3) is 0 Å². The molecular formula is C34H39NO3. The third kappa shape index (κ3) is 8.11. The van der Waals surface area contributed by atoms with Crippen molar-refractivity contribution in [2.24, 2.45) is 0 Å². The first kappa shape index (κ1) is 27.3. The summed E-state index contributed by atoms with van der Waals surface area (Å²) >= 11 is 0. The van der Waals surface area contributed by atoms with Gasteiger partial charge in [0.1, 0.15) is 23.7 Å². The van der Waals surface area contributed by atoms with Crippen LogP contribution in [-0.2, 0) is 17.8 Å². The first-order valence-corrected chi connectivity index (χ1v) is 13.6. The number of para-hydroxylation sites is 1. The maximum Gasteiger partial charge on any atom is 0.250 e. The number of rotatable bonds is 11. The largest absolute Gasteiger partial charge is 0.489 e. The minimum Gasteiger partial charge on any atom is -0.489 e. The van der Waals surface area contributed by atoms with Crippen molar-refractivity contribution in [3.63, 3.8) is 0 Å². The van der Waals surface area contributed by atoms with Crippen LogP contribution in [-0.4, -0.2) is 11.5 Å². The van der Waals surface area contributed by atoms with E-state index in [1.807, 2.05) is 67.6 Å². The number of aryl methyl sites for hydroxylation is 1. The molecular weight excluding hydrogens is 470 g/mol. The van der Waals surface area contributed by atoms with Crippen molar-refractivity contribution in [2.45, 2.75) is 71.5 Å². The monoisotopic (exact) mass is 509 g/mol. The SMILES string of the molecule is C/C(=C\CCC1(C)CCc2cc(OCc3ccccc3)ccc2O1)CC/C=C(\C)C(=O)Nc1ccccc1. The Kier molecular flexibility index (Phi) is 9.42. The number of nitrogens with one attached hydrogen (secondary N) is 1. The van der Waals surface area contributed by atoms with Crippen LogP contribution >= 0.6 is 0 Å². The molecule has 1 aliphatic rings. The number of carbonyl (C=O) groups excluding carboxylic acids is 1. The molecule has 0 spiro atoms. The van der Waals surface area contributed by atoms with E-state index in [1.54, 1.807) is 0 Å². The van der Waals surface area contributed by atoms with Gasteiger partial charge in [-0.15, -0.1) is 0 Å². The highest BCUT2D eigenvalue weighted by atomic mass is 16.5. The minimum absolute atomic E-state index is 0.0460. The Morgan fingerprint density at radius 1 is 0.974 bits per heavy atom. The Balaban J connectivity index is 1.21. The molecule has 3 aromatic rings. The third-order valence-electron chi connectivity index (χ3n) is 7.10. The summed E-state index contributed by atoms with van der Waals surface area (Å²) in [6.45, 7) is 6.83. The summed E-state index contributed by atoms with van der Waals surface area (Å²) in [6, 6.07) is 26.0. The fourth-order valence-corrected chi connectivity index (χ4v) is 4.66. The van der Waals surface area contributed by atoms with Crippen LogP contribution in [0.5, 0.6) is 11.5 Å². The van der Waals surface area contributed by atoms with Gasteiger partial charge in [0.15, 0.2) is 0 Å². The van der Waals surface area contributed by atoms with Gasteiger partial charge in [0.2, 0.25) is 0 Å². The molecule has 4 heteroatoms. The van der Waals surface area contributed by atoms with Crippen molar-refractivity contribution in [3.8, 4) is 11.5 Å². The number of ether oxygens (including phenoxy) is 2. The van der Waals surface area contributed by atoms with Crippen molar-refractivity contribution in [3.05, 3.63) is 113 Å². The second-order valence-corrected chi connectivity index (χ2v) is 10.4. The molecule has 0 radical (unpaired) electrons. The van der Waals surface area contributed by atoms with Crippen LogP contribution in [0.2, 0.25) is 0 Å². The molecule has 1 atom stereocenters. The van der Waals surface area contributed by atoms with E-state index in [9.17, 15) is 4.79 Å². The quantitative estimate of drug-likeness (QED) is 0.208. The molecule has 0 saturated heterocycles. The van der Waals surface area contributed by atoms with Gasteiger partial charge in [-0.1, -0.05) is 66.3 Å². The topological polar surface area (TPSA) is 47.6 Å².